The van der Waals surface area contributed by atoms with Crippen molar-refractivity contribution in [2.75, 3.05) is 13.1 Å². The molecular formula is C12H14N4O. The van der Waals surface area contributed by atoms with Crippen LogP contribution in [0, 0.1) is 0 Å². The lowest BCUT2D eigenvalue weighted by Gasteiger charge is -2.03. The van der Waals surface area contributed by atoms with Gasteiger partial charge in [-0.25, -0.2) is 0 Å². The van der Waals surface area contributed by atoms with E-state index in [-0.39, 0.29) is 6.10 Å². The summed E-state index contributed by atoms with van der Waals surface area (Å²) in [5.41, 5.74) is 1.94. The van der Waals surface area contributed by atoms with Gasteiger partial charge in [-0.3, -0.25) is 4.98 Å². The van der Waals surface area contributed by atoms with Crippen LogP contribution < -0.4 is 5.32 Å². The molecule has 0 radical (unpaired) electrons. The maximum Gasteiger partial charge on any atom is 0.141 e. The molecule has 3 heterocycles. The van der Waals surface area contributed by atoms with Gasteiger partial charge >= 0.3 is 0 Å². The SMILES string of the molecule is C(=NOC1CCNC1)c1cc2ccncc2[nH]1. The van der Waals surface area contributed by atoms with Crippen LogP contribution in [0.15, 0.2) is 29.7 Å². The summed E-state index contributed by atoms with van der Waals surface area (Å²) in [5, 5.41) is 8.36. The Morgan fingerprint density at radius 2 is 2.53 bits per heavy atom. The number of pyridine rings is 1. The highest BCUT2D eigenvalue weighted by atomic mass is 16.6. The van der Waals surface area contributed by atoms with Gasteiger partial charge in [-0.05, 0) is 18.7 Å². The van der Waals surface area contributed by atoms with E-state index in [4.69, 9.17) is 4.84 Å². The van der Waals surface area contributed by atoms with Crippen molar-refractivity contribution in [3.8, 4) is 0 Å². The van der Waals surface area contributed by atoms with E-state index in [9.17, 15) is 0 Å². The zero-order valence-corrected chi connectivity index (χ0v) is 9.39. The standard InChI is InChI=1S/C12H14N4O/c1-3-14-8-12-9(1)5-10(16-12)6-15-17-11-2-4-13-7-11/h1,3,5-6,8,11,13,16H,2,4,7H2. The third kappa shape index (κ3) is 2.29. The predicted molar refractivity (Wildman–Crippen MR) is 66.0 cm³/mol. The largest absolute Gasteiger partial charge is 0.391 e. The van der Waals surface area contributed by atoms with Crippen molar-refractivity contribution in [3.63, 3.8) is 0 Å². The molecule has 0 amide bonds. The van der Waals surface area contributed by atoms with Crippen LogP contribution in [0.2, 0.25) is 0 Å². The van der Waals surface area contributed by atoms with Gasteiger partial charge in [0.1, 0.15) is 6.10 Å². The quantitative estimate of drug-likeness (QED) is 0.616. The highest BCUT2D eigenvalue weighted by Crippen LogP contribution is 2.12. The van der Waals surface area contributed by atoms with Crippen molar-refractivity contribution in [2.45, 2.75) is 12.5 Å². The zero-order chi connectivity index (χ0) is 11.5. The number of H-pyrrole nitrogens is 1. The summed E-state index contributed by atoms with van der Waals surface area (Å²) in [7, 11) is 0. The summed E-state index contributed by atoms with van der Waals surface area (Å²) in [4.78, 5) is 12.6. The first kappa shape index (κ1) is 10.3. The first-order valence-corrected chi connectivity index (χ1v) is 5.74. The number of aromatic amines is 1. The molecule has 1 unspecified atom stereocenters. The first-order valence-electron chi connectivity index (χ1n) is 5.74. The molecule has 1 fully saturated rings. The fourth-order valence-electron chi connectivity index (χ4n) is 1.96. The minimum absolute atomic E-state index is 0.206. The number of nitrogens with zero attached hydrogens (tertiary/aromatic N) is 2. The second-order valence-electron chi connectivity index (χ2n) is 4.14. The van der Waals surface area contributed by atoms with E-state index in [0.29, 0.717) is 0 Å². The number of oxime groups is 1. The zero-order valence-electron chi connectivity index (χ0n) is 9.39. The Hall–Kier alpha value is -1.88. The maximum absolute atomic E-state index is 5.37. The van der Waals surface area contributed by atoms with E-state index in [1.807, 2.05) is 12.1 Å². The minimum atomic E-state index is 0.206. The molecule has 3 rings (SSSR count). The number of hydrogen-bond donors (Lipinski definition) is 2. The van der Waals surface area contributed by atoms with Gasteiger partial charge in [-0.1, -0.05) is 5.16 Å². The van der Waals surface area contributed by atoms with Crippen molar-refractivity contribution in [1.82, 2.24) is 15.3 Å². The average molecular weight is 230 g/mol. The van der Waals surface area contributed by atoms with E-state index >= 15 is 0 Å². The van der Waals surface area contributed by atoms with E-state index in [0.717, 1.165) is 36.1 Å². The number of fused-ring (bicyclic) bond motifs is 1. The summed E-state index contributed by atoms with van der Waals surface area (Å²) >= 11 is 0. The van der Waals surface area contributed by atoms with Crippen LogP contribution in [0.25, 0.3) is 10.9 Å². The Morgan fingerprint density at radius 3 is 3.35 bits per heavy atom. The molecule has 0 spiro atoms. The fourth-order valence-corrected chi connectivity index (χ4v) is 1.96. The van der Waals surface area contributed by atoms with E-state index in [1.54, 1.807) is 18.6 Å². The van der Waals surface area contributed by atoms with Crippen molar-refractivity contribution in [2.24, 2.45) is 5.16 Å². The molecule has 1 atom stereocenters. The van der Waals surface area contributed by atoms with Crippen LogP contribution in [-0.2, 0) is 4.84 Å². The molecule has 2 aromatic heterocycles. The second-order valence-corrected chi connectivity index (χ2v) is 4.14. The van der Waals surface area contributed by atoms with Gasteiger partial charge in [0.15, 0.2) is 0 Å². The van der Waals surface area contributed by atoms with Crippen LogP contribution in [0.5, 0.6) is 0 Å². The summed E-state index contributed by atoms with van der Waals surface area (Å²) in [5.74, 6) is 0. The van der Waals surface area contributed by atoms with Gasteiger partial charge in [0.25, 0.3) is 0 Å². The van der Waals surface area contributed by atoms with Crippen LogP contribution >= 0.6 is 0 Å². The van der Waals surface area contributed by atoms with Gasteiger partial charge in [-0.2, -0.15) is 0 Å². The Kier molecular flexibility index (Phi) is 2.75. The third-order valence-electron chi connectivity index (χ3n) is 2.86. The summed E-state index contributed by atoms with van der Waals surface area (Å²) in [6, 6.07) is 3.99. The van der Waals surface area contributed by atoms with Crippen LogP contribution in [0.3, 0.4) is 0 Å². The van der Waals surface area contributed by atoms with E-state index in [1.165, 1.54) is 0 Å². The highest BCUT2D eigenvalue weighted by Gasteiger charge is 2.14. The molecule has 0 aliphatic carbocycles. The molecule has 5 heteroatoms. The normalized spacial score (nSPS) is 20.4. The topological polar surface area (TPSA) is 62.3 Å². The van der Waals surface area contributed by atoms with E-state index < -0.39 is 0 Å². The smallest absolute Gasteiger partial charge is 0.141 e. The number of hydrogen-bond acceptors (Lipinski definition) is 4. The van der Waals surface area contributed by atoms with E-state index in [2.05, 4.69) is 20.4 Å². The molecule has 88 valence electrons. The lowest BCUT2D eigenvalue weighted by Crippen LogP contribution is -2.14. The Morgan fingerprint density at radius 1 is 1.53 bits per heavy atom. The minimum Gasteiger partial charge on any atom is -0.391 e. The molecule has 2 N–H and O–H groups in total. The second kappa shape index (κ2) is 4.55. The molecule has 0 bridgehead atoms. The monoisotopic (exact) mass is 230 g/mol. The molecule has 2 aromatic rings. The molecular weight excluding hydrogens is 216 g/mol. The Balaban J connectivity index is 1.69. The summed E-state index contributed by atoms with van der Waals surface area (Å²) in [6.07, 6.45) is 6.51. The fraction of sp³-hybridized carbons (Fsp3) is 0.333. The first-order chi connectivity index (χ1) is 8.42. The highest BCUT2D eigenvalue weighted by molar-refractivity contribution is 5.88. The molecule has 5 nitrogen and oxygen atoms in total. The number of nitrogens with one attached hydrogen (secondary N) is 2. The van der Waals surface area contributed by atoms with Crippen molar-refractivity contribution >= 4 is 17.1 Å². The predicted octanol–water partition coefficient (Wildman–Crippen LogP) is 1.28. The molecule has 1 aliphatic rings. The van der Waals surface area contributed by atoms with Gasteiger partial charge in [-0.15, -0.1) is 0 Å². The number of aromatic nitrogens is 2. The maximum atomic E-state index is 5.37. The van der Waals surface area contributed by atoms with Gasteiger partial charge in [0.05, 0.1) is 23.6 Å². The Bertz CT molecular complexity index is 495. The van der Waals surface area contributed by atoms with Crippen LogP contribution in [-0.4, -0.2) is 35.4 Å². The lowest BCUT2D eigenvalue weighted by molar-refractivity contribution is 0.0748. The van der Waals surface area contributed by atoms with Crippen molar-refractivity contribution in [1.29, 1.82) is 0 Å². The average Bonchev–Trinajstić information content (AvgIpc) is 2.96. The lowest BCUT2D eigenvalue weighted by atomic mass is 10.3. The third-order valence-corrected chi connectivity index (χ3v) is 2.86. The van der Waals surface area contributed by atoms with Gasteiger partial charge < -0.3 is 15.1 Å². The molecule has 1 saturated heterocycles. The summed E-state index contributed by atoms with van der Waals surface area (Å²) in [6.45, 7) is 1.90. The summed E-state index contributed by atoms with van der Waals surface area (Å²) < 4.78 is 0. The molecule has 17 heavy (non-hydrogen) atoms. The number of rotatable bonds is 3. The van der Waals surface area contributed by atoms with Gasteiger partial charge in [0, 0.05) is 24.5 Å². The van der Waals surface area contributed by atoms with Crippen LogP contribution in [0.4, 0.5) is 0 Å². The molecule has 1 aliphatic heterocycles. The van der Waals surface area contributed by atoms with Gasteiger partial charge in [0.2, 0.25) is 0 Å². The Labute approximate surface area is 98.9 Å². The molecule has 0 saturated carbocycles. The molecule has 0 aromatic carbocycles. The van der Waals surface area contributed by atoms with Crippen molar-refractivity contribution in [3.05, 3.63) is 30.2 Å². The van der Waals surface area contributed by atoms with Crippen LogP contribution in [0.1, 0.15) is 12.1 Å². The van der Waals surface area contributed by atoms with Crippen molar-refractivity contribution < 1.29 is 4.84 Å².